The van der Waals surface area contributed by atoms with Crippen molar-refractivity contribution in [3.8, 4) is 0 Å². The Morgan fingerprint density at radius 3 is 1.79 bits per heavy atom. The van der Waals surface area contributed by atoms with Crippen molar-refractivity contribution < 1.29 is 43.6 Å². The van der Waals surface area contributed by atoms with Crippen LogP contribution in [-0.2, 0) is 28.6 Å². The summed E-state index contributed by atoms with van der Waals surface area (Å²) in [5, 5.41) is 23.8. The van der Waals surface area contributed by atoms with E-state index in [1.54, 1.807) is 12.1 Å². The first kappa shape index (κ1) is 37.0. The van der Waals surface area contributed by atoms with Crippen LogP contribution in [0.5, 0.6) is 0 Å². The third kappa shape index (κ3) is 14.3. The minimum Gasteiger partial charge on any atom is -0.469 e. The van der Waals surface area contributed by atoms with Crippen LogP contribution in [0.25, 0.3) is 0 Å². The average Bonchev–Trinajstić information content (AvgIpc) is 3.00. The van der Waals surface area contributed by atoms with Crippen LogP contribution in [0, 0.1) is 0 Å². The number of aliphatic hydroxyl groups excluding tert-OH is 1. The summed E-state index contributed by atoms with van der Waals surface area (Å²) in [5.74, 6) is -3.71. The maximum atomic E-state index is 12.4. The molecule has 0 bridgehead atoms. The van der Waals surface area contributed by atoms with E-state index in [1.165, 1.54) is 90.9 Å². The summed E-state index contributed by atoms with van der Waals surface area (Å²) in [6.07, 6.45) is 13.5. The highest BCUT2D eigenvalue weighted by molar-refractivity contribution is 6.00. The van der Waals surface area contributed by atoms with E-state index < -0.39 is 29.6 Å². The number of esters is 4. The molecule has 1 aromatic carbocycles. The Morgan fingerprint density at radius 1 is 0.810 bits per heavy atom. The molecule has 0 fully saturated rings. The van der Waals surface area contributed by atoms with Crippen LogP contribution >= 0.6 is 0 Å². The first-order valence-electron chi connectivity index (χ1n) is 15.4. The standard InChI is InChI=1S/C32H51NO9/c1-4-32(39,28(35)30(37)41-5-2)31(38)42-29(36)25-20-22-26(23-21-25)33-24-18-16-14-12-10-8-6-7-9-11-13-15-17-19-27(34)40-3/h20-23,28,33,35,39H,4-19,24H2,1-3H3. The summed E-state index contributed by atoms with van der Waals surface area (Å²) in [6, 6.07) is 6.39. The quantitative estimate of drug-likeness (QED) is 0.0644. The molecule has 1 rings (SSSR count). The second-order valence-electron chi connectivity index (χ2n) is 10.5. The van der Waals surface area contributed by atoms with Crippen LogP contribution in [0.2, 0.25) is 0 Å². The van der Waals surface area contributed by atoms with Gasteiger partial charge in [0.15, 0.2) is 11.7 Å². The number of unbranched alkanes of at least 4 members (excludes halogenated alkanes) is 12. The summed E-state index contributed by atoms with van der Waals surface area (Å²) in [5.41, 5.74) is -1.68. The van der Waals surface area contributed by atoms with Crippen molar-refractivity contribution in [2.24, 2.45) is 0 Å². The predicted molar refractivity (Wildman–Crippen MR) is 160 cm³/mol. The van der Waals surface area contributed by atoms with Gasteiger partial charge in [-0.05, 0) is 50.5 Å². The number of ether oxygens (including phenoxy) is 3. The number of aliphatic hydroxyl groups is 2. The molecule has 0 aliphatic rings. The Hall–Kier alpha value is -2.98. The lowest BCUT2D eigenvalue weighted by atomic mass is 9.93. The fourth-order valence-corrected chi connectivity index (χ4v) is 4.49. The number of hydrogen-bond donors (Lipinski definition) is 3. The Kier molecular flexibility index (Phi) is 19.1. The lowest BCUT2D eigenvalue weighted by molar-refractivity contribution is -0.186. The number of benzene rings is 1. The number of rotatable bonds is 23. The molecule has 42 heavy (non-hydrogen) atoms. The van der Waals surface area contributed by atoms with Crippen LogP contribution in [0.3, 0.4) is 0 Å². The molecule has 10 nitrogen and oxygen atoms in total. The van der Waals surface area contributed by atoms with Crippen molar-refractivity contribution in [3.05, 3.63) is 29.8 Å². The molecule has 0 spiro atoms. The smallest absolute Gasteiger partial charge is 0.349 e. The summed E-state index contributed by atoms with van der Waals surface area (Å²) in [6.45, 7) is 3.65. The van der Waals surface area contributed by atoms with E-state index in [4.69, 9.17) is 4.74 Å². The van der Waals surface area contributed by atoms with Gasteiger partial charge in [0, 0.05) is 18.7 Å². The van der Waals surface area contributed by atoms with Gasteiger partial charge in [-0.2, -0.15) is 0 Å². The molecule has 0 saturated carbocycles. The number of carbonyl (C=O) groups is 4. The van der Waals surface area contributed by atoms with E-state index in [9.17, 15) is 29.4 Å². The van der Waals surface area contributed by atoms with Crippen molar-refractivity contribution in [3.63, 3.8) is 0 Å². The molecular formula is C32H51NO9. The highest BCUT2D eigenvalue weighted by atomic mass is 16.6. The molecule has 0 aliphatic carbocycles. The molecule has 2 atom stereocenters. The van der Waals surface area contributed by atoms with E-state index in [-0.39, 0.29) is 24.6 Å². The Labute approximate surface area is 250 Å². The second-order valence-corrected chi connectivity index (χ2v) is 10.5. The van der Waals surface area contributed by atoms with Gasteiger partial charge in [-0.3, -0.25) is 4.79 Å². The number of nitrogens with one attached hydrogen (secondary N) is 1. The number of carbonyl (C=O) groups excluding carboxylic acids is 4. The molecule has 10 heteroatoms. The zero-order valence-electron chi connectivity index (χ0n) is 25.7. The maximum absolute atomic E-state index is 12.4. The van der Waals surface area contributed by atoms with Gasteiger partial charge in [-0.25, -0.2) is 14.4 Å². The molecule has 0 aromatic heterocycles. The molecule has 1 aromatic rings. The van der Waals surface area contributed by atoms with Crippen molar-refractivity contribution in [2.75, 3.05) is 25.6 Å². The lowest BCUT2D eigenvalue weighted by Crippen LogP contribution is -2.54. The highest BCUT2D eigenvalue weighted by Gasteiger charge is 2.49. The van der Waals surface area contributed by atoms with Gasteiger partial charge < -0.3 is 29.7 Å². The van der Waals surface area contributed by atoms with Crippen LogP contribution in [0.1, 0.15) is 121 Å². The summed E-state index contributed by atoms with van der Waals surface area (Å²) < 4.78 is 14.0. The number of anilines is 1. The van der Waals surface area contributed by atoms with Crippen LogP contribution in [-0.4, -0.2) is 66.1 Å². The molecule has 0 saturated heterocycles. The zero-order valence-corrected chi connectivity index (χ0v) is 25.7. The number of methoxy groups -OCH3 is 1. The van der Waals surface area contributed by atoms with Gasteiger partial charge in [-0.15, -0.1) is 0 Å². The van der Waals surface area contributed by atoms with Crippen molar-refractivity contribution in [1.29, 1.82) is 0 Å². The SMILES string of the molecule is CCOC(=O)C(O)C(O)(CC)C(=O)OC(=O)c1ccc(NCCCCCCCCCCCCCCCC(=O)OC)cc1. The molecule has 0 radical (unpaired) electrons. The molecule has 0 heterocycles. The Bertz CT molecular complexity index is 934. The molecule has 3 N–H and O–H groups in total. The zero-order chi connectivity index (χ0) is 31.2. The van der Waals surface area contributed by atoms with E-state index >= 15 is 0 Å². The first-order valence-corrected chi connectivity index (χ1v) is 15.4. The van der Waals surface area contributed by atoms with Gasteiger partial charge in [0.2, 0.25) is 0 Å². The molecule has 0 amide bonds. The van der Waals surface area contributed by atoms with Crippen LogP contribution in [0.4, 0.5) is 5.69 Å². The van der Waals surface area contributed by atoms with E-state index in [0.29, 0.717) is 6.42 Å². The minimum atomic E-state index is -2.60. The molecule has 0 aliphatic heterocycles. The maximum Gasteiger partial charge on any atom is 0.349 e. The lowest BCUT2D eigenvalue weighted by Gasteiger charge is -2.27. The van der Waals surface area contributed by atoms with Crippen LogP contribution < -0.4 is 5.32 Å². The fourth-order valence-electron chi connectivity index (χ4n) is 4.49. The van der Waals surface area contributed by atoms with Gasteiger partial charge in [0.25, 0.3) is 0 Å². The van der Waals surface area contributed by atoms with Crippen molar-refractivity contribution >= 4 is 29.6 Å². The topological polar surface area (TPSA) is 148 Å². The monoisotopic (exact) mass is 593 g/mol. The third-order valence-corrected chi connectivity index (χ3v) is 7.28. The fraction of sp³-hybridized carbons (Fsp3) is 0.688. The van der Waals surface area contributed by atoms with E-state index in [1.807, 2.05) is 0 Å². The molecule has 238 valence electrons. The van der Waals surface area contributed by atoms with Crippen molar-refractivity contribution in [2.45, 2.75) is 122 Å². The largest absolute Gasteiger partial charge is 0.469 e. The summed E-state index contributed by atoms with van der Waals surface area (Å²) >= 11 is 0. The van der Waals surface area contributed by atoms with E-state index in [2.05, 4.69) is 14.8 Å². The predicted octanol–water partition coefficient (Wildman–Crippen LogP) is 5.48. The first-order chi connectivity index (χ1) is 20.2. The third-order valence-electron chi connectivity index (χ3n) is 7.28. The van der Waals surface area contributed by atoms with Gasteiger partial charge >= 0.3 is 23.9 Å². The number of hydrogen-bond acceptors (Lipinski definition) is 10. The van der Waals surface area contributed by atoms with Gasteiger partial charge in [-0.1, -0.05) is 77.6 Å². The summed E-state index contributed by atoms with van der Waals surface area (Å²) in [4.78, 5) is 47.6. The van der Waals surface area contributed by atoms with Crippen LogP contribution in [0.15, 0.2) is 24.3 Å². The average molecular weight is 594 g/mol. The summed E-state index contributed by atoms with van der Waals surface area (Å²) in [7, 11) is 1.43. The minimum absolute atomic E-state index is 0.0467. The molecule has 2 unspecified atom stereocenters. The second kappa shape index (κ2) is 21.7. The Morgan fingerprint density at radius 2 is 1.31 bits per heavy atom. The van der Waals surface area contributed by atoms with Gasteiger partial charge in [0.05, 0.1) is 19.3 Å². The normalized spacial score (nSPS) is 13.1. The van der Waals surface area contributed by atoms with Crippen molar-refractivity contribution in [1.82, 2.24) is 0 Å². The van der Waals surface area contributed by atoms with E-state index in [0.717, 1.165) is 37.9 Å². The highest BCUT2D eigenvalue weighted by Crippen LogP contribution is 2.21. The van der Waals surface area contributed by atoms with Gasteiger partial charge in [0.1, 0.15) is 0 Å². The molecular weight excluding hydrogens is 542 g/mol. The Balaban J connectivity index is 2.16.